The molecule has 6 heteroatoms. The van der Waals surface area contributed by atoms with Crippen LogP contribution in [0.3, 0.4) is 0 Å². The molecule has 0 aromatic heterocycles. The van der Waals surface area contributed by atoms with Crippen LogP contribution in [0.25, 0.3) is 0 Å². The van der Waals surface area contributed by atoms with Crippen LogP contribution in [0.2, 0.25) is 0 Å². The normalized spacial score (nSPS) is 20.1. The molecule has 1 N–H and O–H groups in total. The van der Waals surface area contributed by atoms with E-state index in [4.69, 9.17) is 0 Å². The molecule has 0 aliphatic carbocycles. The van der Waals surface area contributed by atoms with Gasteiger partial charge in [0.25, 0.3) is 5.91 Å². The first kappa shape index (κ1) is 17.0. The van der Waals surface area contributed by atoms with Crippen LogP contribution in [0.4, 0.5) is 0 Å². The fraction of sp³-hybridized carbons (Fsp3) is 0.562. The minimum Gasteiger partial charge on any atom is -0.350 e. The Hall–Kier alpha value is -1.40. The molecular weight excluding hydrogens is 300 g/mol. The van der Waals surface area contributed by atoms with Crippen LogP contribution in [-0.4, -0.2) is 37.8 Å². The molecule has 0 bridgehead atoms. The third kappa shape index (κ3) is 3.87. The number of carbonyl (C=O) groups excluding carboxylic acids is 1. The van der Waals surface area contributed by atoms with Crippen LogP contribution in [0, 0.1) is 5.92 Å². The van der Waals surface area contributed by atoms with E-state index in [-0.39, 0.29) is 16.8 Å². The van der Waals surface area contributed by atoms with Gasteiger partial charge in [-0.25, -0.2) is 8.42 Å². The molecule has 0 spiro atoms. The van der Waals surface area contributed by atoms with Crippen molar-refractivity contribution in [2.24, 2.45) is 5.92 Å². The summed E-state index contributed by atoms with van der Waals surface area (Å²) < 4.78 is 26.8. The van der Waals surface area contributed by atoms with E-state index in [0.29, 0.717) is 24.6 Å². The van der Waals surface area contributed by atoms with Gasteiger partial charge in [-0.1, -0.05) is 6.92 Å². The molecule has 122 valence electrons. The maximum atomic E-state index is 12.6. The van der Waals surface area contributed by atoms with Crippen molar-refractivity contribution in [1.29, 1.82) is 0 Å². The Morgan fingerprint density at radius 1 is 1.27 bits per heavy atom. The fourth-order valence-corrected chi connectivity index (χ4v) is 4.24. The van der Waals surface area contributed by atoms with Crippen molar-refractivity contribution < 1.29 is 13.2 Å². The van der Waals surface area contributed by atoms with Gasteiger partial charge in [0.15, 0.2) is 0 Å². The fourth-order valence-electron chi connectivity index (χ4n) is 2.64. The molecule has 1 fully saturated rings. The van der Waals surface area contributed by atoms with Gasteiger partial charge < -0.3 is 5.32 Å². The van der Waals surface area contributed by atoms with Crippen molar-refractivity contribution in [2.45, 2.75) is 44.6 Å². The number of sulfonamides is 1. The minimum atomic E-state index is -3.46. The quantitative estimate of drug-likeness (QED) is 0.924. The Bertz CT molecular complexity index is 623. The molecule has 2 rings (SSSR count). The Balaban J connectivity index is 2.17. The van der Waals surface area contributed by atoms with E-state index < -0.39 is 10.0 Å². The molecule has 1 aromatic carbocycles. The van der Waals surface area contributed by atoms with E-state index in [0.717, 1.165) is 12.8 Å². The Kier molecular flexibility index (Phi) is 5.24. The molecule has 1 aliphatic rings. The second-order valence-corrected chi connectivity index (χ2v) is 8.20. The van der Waals surface area contributed by atoms with Crippen molar-refractivity contribution in [3.05, 3.63) is 29.8 Å². The maximum absolute atomic E-state index is 12.6. The SMILES string of the molecule is CC1CCCN(S(=O)(=O)c2ccc(C(=O)NC(C)C)cc2)C1. The summed E-state index contributed by atoms with van der Waals surface area (Å²) in [6.07, 6.45) is 1.97. The van der Waals surface area contributed by atoms with Crippen LogP contribution in [0.15, 0.2) is 29.2 Å². The minimum absolute atomic E-state index is 0.0470. The predicted octanol–water partition coefficient (Wildman–Crippen LogP) is 2.25. The van der Waals surface area contributed by atoms with Gasteiger partial charge in [0.2, 0.25) is 10.0 Å². The average Bonchev–Trinajstić information content (AvgIpc) is 2.46. The highest BCUT2D eigenvalue weighted by atomic mass is 32.2. The van der Waals surface area contributed by atoms with E-state index in [1.165, 1.54) is 12.1 Å². The zero-order chi connectivity index (χ0) is 16.3. The maximum Gasteiger partial charge on any atom is 0.251 e. The number of benzene rings is 1. The van der Waals surface area contributed by atoms with Crippen LogP contribution >= 0.6 is 0 Å². The van der Waals surface area contributed by atoms with Gasteiger partial charge in [-0.2, -0.15) is 4.31 Å². The molecule has 1 aliphatic heterocycles. The number of amides is 1. The van der Waals surface area contributed by atoms with Crippen molar-refractivity contribution in [3.63, 3.8) is 0 Å². The largest absolute Gasteiger partial charge is 0.350 e. The van der Waals surface area contributed by atoms with Crippen molar-refractivity contribution >= 4 is 15.9 Å². The monoisotopic (exact) mass is 324 g/mol. The van der Waals surface area contributed by atoms with Gasteiger partial charge in [0.05, 0.1) is 4.90 Å². The van der Waals surface area contributed by atoms with Gasteiger partial charge in [-0.05, 0) is 56.9 Å². The van der Waals surface area contributed by atoms with E-state index in [2.05, 4.69) is 12.2 Å². The standard InChI is InChI=1S/C16H24N2O3S/c1-12(2)17-16(19)14-6-8-15(9-7-14)22(20,21)18-10-4-5-13(3)11-18/h6-9,12-13H,4-5,10-11H2,1-3H3,(H,17,19). The van der Waals surface area contributed by atoms with Crippen molar-refractivity contribution in [3.8, 4) is 0 Å². The summed E-state index contributed by atoms with van der Waals surface area (Å²) >= 11 is 0. The average molecular weight is 324 g/mol. The lowest BCUT2D eigenvalue weighted by molar-refractivity contribution is 0.0943. The summed E-state index contributed by atoms with van der Waals surface area (Å²) in [6.45, 7) is 6.98. The number of nitrogens with zero attached hydrogens (tertiary/aromatic N) is 1. The molecule has 1 saturated heterocycles. The summed E-state index contributed by atoms with van der Waals surface area (Å²) in [5.74, 6) is 0.199. The first-order chi connectivity index (χ1) is 10.3. The van der Waals surface area contributed by atoms with Gasteiger partial charge in [0, 0.05) is 24.7 Å². The van der Waals surface area contributed by atoms with E-state index in [9.17, 15) is 13.2 Å². The lowest BCUT2D eigenvalue weighted by Crippen LogP contribution is -2.39. The lowest BCUT2D eigenvalue weighted by atomic mass is 10.0. The number of piperidine rings is 1. The molecule has 1 aromatic rings. The molecule has 1 amide bonds. The second-order valence-electron chi connectivity index (χ2n) is 6.26. The smallest absolute Gasteiger partial charge is 0.251 e. The number of rotatable bonds is 4. The van der Waals surface area contributed by atoms with Crippen LogP contribution in [-0.2, 0) is 10.0 Å². The summed E-state index contributed by atoms with van der Waals surface area (Å²) in [5.41, 5.74) is 0.472. The molecule has 1 heterocycles. The molecule has 0 saturated carbocycles. The zero-order valence-electron chi connectivity index (χ0n) is 13.4. The molecule has 22 heavy (non-hydrogen) atoms. The van der Waals surface area contributed by atoms with Crippen LogP contribution in [0.5, 0.6) is 0 Å². The zero-order valence-corrected chi connectivity index (χ0v) is 14.2. The number of hydrogen-bond donors (Lipinski definition) is 1. The Morgan fingerprint density at radius 3 is 2.45 bits per heavy atom. The number of nitrogens with one attached hydrogen (secondary N) is 1. The van der Waals surface area contributed by atoms with Gasteiger partial charge in [-0.3, -0.25) is 4.79 Å². The van der Waals surface area contributed by atoms with E-state index >= 15 is 0 Å². The number of hydrogen-bond acceptors (Lipinski definition) is 3. The molecule has 0 radical (unpaired) electrons. The summed E-state index contributed by atoms with van der Waals surface area (Å²) in [7, 11) is -3.46. The summed E-state index contributed by atoms with van der Waals surface area (Å²) in [5, 5.41) is 2.79. The van der Waals surface area contributed by atoms with Crippen LogP contribution < -0.4 is 5.32 Å². The highest BCUT2D eigenvalue weighted by Crippen LogP contribution is 2.23. The Morgan fingerprint density at radius 2 is 1.91 bits per heavy atom. The van der Waals surface area contributed by atoms with Gasteiger partial charge in [-0.15, -0.1) is 0 Å². The third-order valence-electron chi connectivity index (χ3n) is 3.79. The predicted molar refractivity (Wildman–Crippen MR) is 86.2 cm³/mol. The molecule has 1 unspecified atom stereocenters. The van der Waals surface area contributed by atoms with Gasteiger partial charge >= 0.3 is 0 Å². The second kappa shape index (κ2) is 6.79. The first-order valence-corrected chi connectivity index (χ1v) is 9.16. The topological polar surface area (TPSA) is 66.5 Å². The first-order valence-electron chi connectivity index (χ1n) is 7.72. The Labute approximate surface area is 132 Å². The molecule has 1 atom stereocenters. The molecular formula is C16H24N2O3S. The highest BCUT2D eigenvalue weighted by molar-refractivity contribution is 7.89. The lowest BCUT2D eigenvalue weighted by Gasteiger charge is -2.30. The van der Waals surface area contributed by atoms with Crippen molar-refractivity contribution in [1.82, 2.24) is 9.62 Å². The van der Waals surface area contributed by atoms with E-state index in [1.54, 1.807) is 16.4 Å². The number of carbonyl (C=O) groups is 1. The molecule has 5 nitrogen and oxygen atoms in total. The van der Waals surface area contributed by atoms with Crippen molar-refractivity contribution in [2.75, 3.05) is 13.1 Å². The summed E-state index contributed by atoms with van der Waals surface area (Å²) in [4.78, 5) is 12.1. The van der Waals surface area contributed by atoms with Gasteiger partial charge in [0.1, 0.15) is 0 Å². The van der Waals surface area contributed by atoms with E-state index in [1.807, 2.05) is 13.8 Å². The third-order valence-corrected chi connectivity index (χ3v) is 5.67. The van der Waals surface area contributed by atoms with Crippen LogP contribution in [0.1, 0.15) is 44.0 Å². The summed E-state index contributed by atoms with van der Waals surface area (Å²) in [6, 6.07) is 6.22. The highest BCUT2D eigenvalue weighted by Gasteiger charge is 2.28.